The van der Waals surface area contributed by atoms with E-state index in [1.165, 1.54) is 11.1 Å². The number of carbonyl (C=O) groups is 1. The summed E-state index contributed by atoms with van der Waals surface area (Å²) in [5, 5.41) is 3.29. The quantitative estimate of drug-likeness (QED) is 0.644. The molecule has 0 unspecified atom stereocenters. The first-order valence-electron chi connectivity index (χ1n) is 6.79. The predicted octanol–water partition coefficient (Wildman–Crippen LogP) is 2.60. The molecular weight excluding hydrogens is 252 g/mol. The monoisotopic (exact) mass is 276 g/mol. The summed E-state index contributed by atoms with van der Waals surface area (Å²) in [6.07, 6.45) is 3.34. The Morgan fingerprint density at radius 2 is 2.10 bits per heavy atom. The number of carbonyl (C=O) groups excluding carboxylic acids is 1. The van der Waals surface area contributed by atoms with E-state index >= 15 is 0 Å². The van der Waals surface area contributed by atoms with Gasteiger partial charge in [-0.25, -0.2) is 0 Å². The second-order valence-electron chi connectivity index (χ2n) is 5.64. The Hall–Kier alpha value is -1.81. The minimum absolute atomic E-state index is 0.318. The van der Waals surface area contributed by atoms with Crippen LogP contribution in [0.4, 0.5) is 5.69 Å². The van der Waals surface area contributed by atoms with E-state index in [4.69, 9.17) is 5.73 Å². The summed E-state index contributed by atoms with van der Waals surface area (Å²) in [5.74, 6) is 0. The summed E-state index contributed by atoms with van der Waals surface area (Å²) < 4.78 is 4.55. The number of anilines is 1. The number of nitrogens with two attached hydrogens (primary N) is 1. The highest BCUT2D eigenvalue weighted by molar-refractivity contribution is 5.69. The number of hydrogen-bond donors (Lipinski definition) is 2. The maximum absolute atomic E-state index is 9.60. The van der Waals surface area contributed by atoms with Crippen LogP contribution in [0.15, 0.2) is 30.3 Å². The molecule has 0 saturated carbocycles. The largest absolute Gasteiger partial charge is 0.462 e. The Labute approximate surface area is 121 Å². The van der Waals surface area contributed by atoms with Gasteiger partial charge in [-0.1, -0.05) is 18.2 Å². The fourth-order valence-corrected chi connectivity index (χ4v) is 1.77. The lowest BCUT2D eigenvalue weighted by molar-refractivity contribution is -0.138. The highest BCUT2D eigenvalue weighted by Crippen LogP contribution is 2.21. The molecule has 4 nitrogen and oxygen atoms in total. The van der Waals surface area contributed by atoms with E-state index in [2.05, 4.69) is 22.2 Å². The molecule has 0 amide bonds. The molecular formula is C16H24N2O2. The molecule has 0 fully saturated rings. The summed E-state index contributed by atoms with van der Waals surface area (Å²) in [6.45, 7) is 7.97. The summed E-state index contributed by atoms with van der Waals surface area (Å²) in [4.78, 5) is 9.60. The van der Waals surface area contributed by atoms with Crippen LogP contribution in [0, 0.1) is 0 Å². The smallest absolute Gasteiger partial charge is 0.293 e. The van der Waals surface area contributed by atoms with E-state index in [1.54, 1.807) is 0 Å². The van der Waals surface area contributed by atoms with Crippen LogP contribution in [-0.4, -0.2) is 25.2 Å². The summed E-state index contributed by atoms with van der Waals surface area (Å²) in [5.41, 5.74) is 8.92. The van der Waals surface area contributed by atoms with Crippen molar-refractivity contribution in [3.05, 3.63) is 35.9 Å². The molecule has 0 bridgehead atoms. The highest BCUT2D eigenvalue weighted by atomic mass is 16.5. The van der Waals surface area contributed by atoms with Gasteiger partial charge in [0.2, 0.25) is 0 Å². The average Bonchev–Trinajstić information content (AvgIpc) is 2.39. The normalized spacial score (nSPS) is 14.7. The van der Waals surface area contributed by atoms with Gasteiger partial charge in [-0.15, -0.1) is 0 Å². The van der Waals surface area contributed by atoms with E-state index in [1.807, 2.05) is 39.0 Å². The van der Waals surface area contributed by atoms with Crippen LogP contribution in [0.3, 0.4) is 0 Å². The molecule has 0 aliphatic carbocycles. The molecule has 0 atom stereocenters. The van der Waals surface area contributed by atoms with E-state index in [0.717, 1.165) is 25.2 Å². The molecule has 0 radical (unpaired) electrons. The molecule has 0 saturated heterocycles. The van der Waals surface area contributed by atoms with Crippen LogP contribution in [0.25, 0.3) is 5.57 Å². The van der Waals surface area contributed by atoms with Gasteiger partial charge in [0.1, 0.15) is 5.60 Å². The zero-order chi connectivity index (χ0) is 15.0. The third kappa shape index (κ3) is 6.38. The Kier molecular flexibility index (Phi) is 6.25. The molecule has 1 heterocycles. The lowest BCUT2D eigenvalue weighted by Crippen LogP contribution is -2.20. The van der Waals surface area contributed by atoms with Gasteiger partial charge < -0.3 is 15.8 Å². The maximum Gasteiger partial charge on any atom is 0.293 e. The van der Waals surface area contributed by atoms with Gasteiger partial charge in [0.05, 0.1) is 0 Å². The maximum atomic E-state index is 9.60. The van der Waals surface area contributed by atoms with Crippen molar-refractivity contribution in [2.45, 2.75) is 32.8 Å². The topological polar surface area (TPSA) is 64.3 Å². The number of benzene rings is 1. The first-order valence-corrected chi connectivity index (χ1v) is 6.79. The molecule has 1 aromatic carbocycles. The first-order chi connectivity index (χ1) is 9.42. The molecule has 3 N–H and O–H groups in total. The van der Waals surface area contributed by atoms with Crippen LogP contribution in [0.5, 0.6) is 0 Å². The molecule has 0 aromatic heterocycles. The lowest BCUT2D eigenvalue weighted by Gasteiger charge is -2.14. The minimum Gasteiger partial charge on any atom is -0.462 e. The minimum atomic E-state index is -0.318. The van der Waals surface area contributed by atoms with Crippen molar-refractivity contribution in [2.24, 2.45) is 0 Å². The molecule has 2 rings (SSSR count). The zero-order valence-corrected chi connectivity index (χ0v) is 12.5. The van der Waals surface area contributed by atoms with Crippen molar-refractivity contribution in [1.82, 2.24) is 5.32 Å². The van der Waals surface area contributed by atoms with Crippen molar-refractivity contribution in [3.63, 3.8) is 0 Å². The van der Waals surface area contributed by atoms with Gasteiger partial charge in [-0.2, -0.15) is 0 Å². The molecule has 4 heteroatoms. The number of nitrogen functional groups attached to an aromatic ring is 1. The molecule has 0 spiro atoms. The summed E-state index contributed by atoms with van der Waals surface area (Å²) in [6, 6.07) is 8.09. The van der Waals surface area contributed by atoms with Crippen LogP contribution in [-0.2, 0) is 9.53 Å². The van der Waals surface area contributed by atoms with Crippen molar-refractivity contribution in [3.8, 4) is 0 Å². The fraction of sp³-hybridized carbons (Fsp3) is 0.438. The van der Waals surface area contributed by atoms with Crippen molar-refractivity contribution in [1.29, 1.82) is 0 Å². The van der Waals surface area contributed by atoms with E-state index in [0.29, 0.717) is 6.47 Å². The van der Waals surface area contributed by atoms with Crippen LogP contribution in [0.2, 0.25) is 0 Å². The molecule has 1 aliphatic rings. The Balaban J connectivity index is 0.000000246. The number of rotatable bonds is 2. The Morgan fingerprint density at radius 3 is 2.55 bits per heavy atom. The van der Waals surface area contributed by atoms with E-state index in [-0.39, 0.29) is 5.60 Å². The number of nitrogens with one attached hydrogen (secondary N) is 1. The zero-order valence-electron chi connectivity index (χ0n) is 12.5. The highest BCUT2D eigenvalue weighted by Gasteiger charge is 2.07. The van der Waals surface area contributed by atoms with E-state index in [9.17, 15) is 4.79 Å². The summed E-state index contributed by atoms with van der Waals surface area (Å²) in [7, 11) is 0. The number of ether oxygens (including phenoxy) is 1. The second-order valence-corrected chi connectivity index (χ2v) is 5.64. The third-order valence-corrected chi connectivity index (χ3v) is 2.72. The average molecular weight is 276 g/mol. The van der Waals surface area contributed by atoms with Gasteiger partial charge in [0, 0.05) is 12.2 Å². The van der Waals surface area contributed by atoms with Crippen LogP contribution >= 0.6 is 0 Å². The second kappa shape index (κ2) is 7.70. The van der Waals surface area contributed by atoms with Gasteiger partial charge in [0.15, 0.2) is 0 Å². The van der Waals surface area contributed by atoms with Gasteiger partial charge in [-0.3, -0.25) is 4.79 Å². The lowest BCUT2D eigenvalue weighted by atomic mass is 10.00. The molecule has 110 valence electrons. The molecule has 1 aromatic rings. The SMILES string of the molecule is CC(C)(C)OC=O.Nc1cccc(C2=CCNCC2)c1. The van der Waals surface area contributed by atoms with Crippen LogP contribution < -0.4 is 11.1 Å². The Bertz CT molecular complexity index is 462. The third-order valence-electron chi connectivity index (χ3n) is 2.72. The number of hydrogen-bond acceptors (Lipinski definition) is 4. The fourth-order valence-electron chi connectivity index (χ4n) is 1.77. The van der Waals surface area contributed by atoms with Crippen molar-refractivity contribution in [2.75, 3.05) is 18.8 Å². The van der Waals surface area contributed by atoms with Crippen LogP contribution in [0.1, 0.15) is 32.8 Å². The van der Waals surface area contributed by atoms with Crippen molar-refractivity contribution >= 4 is 17.7 Å². The Morgan fingerprint density at radius 1 is 1.35 bits per heavy atom. The van der Waals surface area contributed by atoms with Crippen molar-refractivity contribution < 1.29 is 9.53 Å². The van der Waals surface area contributed by atoms with Gasteiger partial charge >= 0.3 is 0 Å². The first kappa shape index (κ1) is 16.2. The molecule has 20 heavy (non-hydrogen) atoms. The predicted molar refractivity (Wildman–Crippen MR) is 83.2 cm³/mol. The summed E-state index contributed by atoms with van der Waals surface area (Å²) >= 11 is 0. The molecule has 1 aliphatic heterocycles. The van der Waals surface area contributed by atoms with Gasteiger partial charge in [-0.05, 0) is 57.0 Å². The van der Waals surface area contributed by atoms with E-state index < -0.39 is 0 Å². The van der Waals surface area contributed by atoms with Gasteiger partial charge in [0.25, 0.3) is 6.47 Å². The standard InChI is InChI=1S/C11H14N2.C5H10O2/c12-11-3-1-2-10(8-11)9-4-6-13-7-5-9;1-5(2,3)7-4-6/h1-4,8,13H,5-7,12H2;4H,1-3H3.